The van der Waals surface area contributed by atoms with Gasteiger partial charge in [-0.25, -0.2) is 8.78 Å². The number of hydrogen-bond acceptors (Lipinski definition) is 3. The van der Waals surface area contributed by atoms with Crippen molar-refractivity contribution in [3.8, 4) is 5.75 Å². The van der Waals surface area contributed by atoms with Gasteiger partial charge in [-0.15, -0.1) is 0 Å². The van der Waals surface area contributed by atoms with Gasteiger partial charge in [0.05, 0.1) is 18.6 Å². The Kier molecular flexibility index (Phi) is 2.75. The molecule has 2 unspecified atom stereocenters. The molecule has 3 rings (SSSR count). The van der Waals surface area contributed by atoms with E-state index in [0.29, 0.717) is 18.8 Å². The Morgan fingerprint density at radius 1 is 1.44 bits per heavy atom. The van der Waals surface area contributed by atoms with Crippen LogP contribution in [0.1, 0.15) is 23.7 Å². The Balaban J connectivity index is 1.68. The number of halogens is 2. The van der Waals surface area contributed by atoms with Gasteiger partial charge in [0.2, 0.25) is 0 Å². The smallest absolute Gasteiger partial charge is 0.255 e. The van der Waals surface area contributed by atoms with Gasteiger partial charge in [-0.1, -0.05) is 6.07 Å². The van der Waals surface area contributed by atoms with Crippen molar-refractivity contribution in [1.82, 2.24) is 5.32 Å². The van der Waals surface area contributed by atoms with Crippen molar-refractivity contribution in [2.24, 2.45) is 5.92 Å². The van der Waals surface area contributed by atoms with E-state index in [9.17, 15) is 13.9 Å². The fourth-order valence-electron chi connectivity index (χ4n) is 2.23. The third kappa shape index (κ3) is 2.20. The molecule has 5 heteroatoms. The standard InChI is InChI=1S/C13H15F2NO2/c14-13(15)4-9(13)7-18-10-2-1-8-5-16-6-12(17)11(8)3-10/h1-3,9,12,16-17H,4-7H2. The number of aliphatic hydroxyl groups is 1. The Hall–Kier alpha value is -1.20. The second-order valence-corrected chi connectivity index (χ2v) is 4.98. The number of nitrogens with one attached hydrogen (secondary N) is 1. The third-order valence-electron chi connectivity index (χ3n) is 3.54. The summed E-state index contributed by atoms with van der Waals surface area (Å²) in [5.74, 6) is -2.64. The predicted octanol–water partition coefficient (Wildman–Crippen LogP) is 1.86. The molecule has 98 valence electrons. The zero-order valence-corrected chi connectivity index (χ0v) is 9.83. The fraction of sp³-hybridized carbons (Fsp3) is 0.538. The first-order valence-electron chi connectivity index (χ1n) is 6.08. The van der Waals surface area contributed by atoms with Crippen LogP contribution >= 0.6 is 0 Å². The van der Waals surface area contributed by atoms with Gasteiger partial charge in [0.15, 0.2) is 0 Å². The van der Waals surface area contributed by atoms with Gasteiger partial charge in [0.25, 0.3) is 5.92 Å². The van der Waals surface area contributed by atoms with E-state index in [4.69, 9.17) is 4.74 Å². The summed E-state index contributed by atoms with van der Waals surface area (Å²) < 4.78 is 30.8. The summed E-state index contributed by atoms with van der Waals surface area (Å²) >= 11 is 0. The van der Waals surface area contributed by atoms with E-state index in [0.717, 1.165) is 11.1 Å². The number of ether oxygens (including phenoxy) is 1. The van der Waals surface area contributed by atoms with Gasteiger partial charge in [0.1, 0.15) is 5.75 Å². The van der Waals surface area contributed by atoms with Gasteiger partial charge < -0.3 is 15.2 Å². The number of benzene rings is 1. The Morgan fingerprint density at radius 2 is 2.22 bits per heavy atom. The van der Waals surface area contributed by atoms with Crippen LogP contribution in [0.4, 0.5) is 8.78 Å². The molecule has 0 radical (unpaired) electrons. The fourth-order valence-corrected chi connectivity index (χ4v) is 2.23. The first kappa shape index (κ1) is 11.9. The van der Waals surface area contributed by atoms with Gasteiger partial charge in [-0.3, -0.25) is 0 Å². The molecule has 1 aliphatic carbocycles. The molecule has 3 nitrogen and oxygen atoms in total. The zero-order valence-electron chi connectivity index (χ0n) is 9.83. The lowest BCUT2D eigenvalue weighted by atomic mass is 9.98. The number of alkyl halides is 2. The van der Waals surface area contributed by atoms with E-state index >= 15 is 0 Å². The van der Waals surface area contributed by atoms with Crippen LogP contribution < -0.4 is 10.1 Å². The van der Waals surface area contributed by atoms with Crippen LogP contribution in [-0.2, 0) is 6.54 Å². The number of hydrogen-bond donors (Lipinski definition) is 2. The molecule has 0 aromatic heterocycles. The maximum atomic E-state index is 12.7. The second-order valence-electron chi connectivity index (χ2n) is 4.98. The lowest BCUT2D eigenvalue weighted by Gasteiger charge is -2.23. The van der Waals surface area contributed by atoms with E-state index in [2.05, 4.69) is 5.32 Å². The van der Waals surface area contributed by atoms with Crippen LogP contribution in [0.3, 0.4) is 0 Å². The van der Waals surface area contributed by atoms with Crippen molar-refractivity contribution >= 4 is 0 Å². The predicted molar refractivity (Wildman–Crippen MR) is 61.7 cm³/mol. The van der Waals surface area contributed by atoms with Gasteiger partial charge in [0, 0.05) is 19.5 Å². The van der Waals surface area contributed by atoms with Gasteiger partial charge in [-0.2, -0.15) is 0 Å². The summed E-state index contributed by atoms with van der Waals surface area (Å²) in [5, 5.41) is 12.9. The normalized spacial score (nSPS) is 28.6. The number of β-amino-alcohol motifs (C(OH)–C–C–N with tert-alkyl or cyclic N) is 1. The minimum absolute atomic E-state index is 0.0418. The van der Waals surface area contributed by atoms with E-state index in [1.165, 1.54) is 0 Å². The van der Waals surface area contributed by atoms with E-state index < -0.39 is 17.9 Å². The Morgan fingerprint density at radius 3 is 2.94 bits per heavy atom. The number of rotatable bonds is 3. The quantitative estimate of drug-likeness (QED) is 0.866. The molecule has 1 heterocycles. The highest BCUT2D eigenvalue weighted by molar-refractivity contribution is 5.38. The highest BCUT2D eigenvalue weighted by Gasteiger charge is 2.57. The van der Waals surface area contributed by atoms with Crippen LogP contribution in [0.25, 0.3) is 0 Å². The average Bonchev–Trinajstić information content (AvgIpc) is 2.95. The largest absolute Gasteiger partial charge is 0.493 e. The van der Waals surface area contributed by atoms with Crippen molar-refractivity contribution in [3.63, 3.8) is 0 Å². The molecule has 1 aromatic carbocycles. The molecule has 1 fully saturated rings. The highest BCUT2D eigenvalue weighted by atomic mass is 19.3. The molecule has 0 bridgehead atoms. The molecular formula is C13H15F2NO2. The minimum Gasteiger partial charge on any atom is -0.493 e. The monoisotopic (exact) mass is 255 g/mol. The van der Waals surface area contributed by atoms with Crippen LogP contribution in [0.5, 0.6) is 5.75 Å². The van der Waals surface area contributed by atoms with Crippen molar-refractivity contribution in [1.29, 1.82) is 0 Å². The molecule has 1 saturated carbocycles. The van der Waals surface area contributed by atoms with Crippen molar-refractivity contribution in [3.05, 3.63) is 29.3 Å². The van der Waals surface area contributed by atoms with Crippen molar-refractivity contribution < 1.29 is 18.6 Å². The van der Waals surface area contributed by atoms with Crippen LogP contribution in [0.15, 0.2) is 18.2 Å². The molecule has 0 saturated heterocycles. The highest BCUT2D eigenvalue weighted by Crippen LogP contribution is 2.48. The van der Waals surface area contributed by atoms with E-state index in [-0.39, 0.29) is 13.0 Å². The Bertz CT molecular complexity index is 464. The van der Waals surface area contributed by atoms with E-state index in [1.807, 2.05) is 6.07 Å². The summed E-state index contributed by atoms with van der Waals surface area (Å²) in [5.41, 5.74) is 1.85. The molecule has 0 amide bonds. The summed E-state index contributed by atoms with van der Waals surface area (Å²) in [6.07, 6.45) is -0.635. The zero-order chi connectivity index (χ0) is 12.8. The summed E-state index contributed by atoms with van der Waals surface area (Å²) in [4.78, 5) is 0. The molecule has 18 heavy (non-hydrogen) atoms. The maximum absolute atomic E-state index is 12.7. The average molecular weight is 255 g/mol. The molecule has 2 atom stereocenters. The molecule has 0 spiro atoms. The van der Waals surface area contributed by atoms with Crippen molar-refractivity contribution in [2.45, 2.75) is 25.0 Å². The third-order valence-corrected chi connectivity index (χ3v) is 3.54. The first-order chi connectivity index (χ1) is 8.56. The molecule has 2 aliphatic rings. The number of fused-ring (bicyclic) bond motifs is 1. The molecular weight excluding hydrogens is 240 g/mol. The summed E-state index contributed by atoms with van der Waals surface area (Å²) in [7, 11) is 0. The minimum atomic E-state index is -2.54. The lowest BCUT2D eigenvalue weighted by Crippen LogP contribution is -2.27. The molecule has 1 aromatic rings. The lowest BCUT2D eigenvalue weighted by molar-refractivity contribution is 0.0855. The van der Waals surface area contributed by atoms with Crippen LogP contribution in [-0.4, -0.2) is 24.2 Å². The van der Waals surface area contributed by atoms with E-state index in [1.54, 1.807) is 12.1 Å². The Labute approximate surface area is 104 Å². The van der Waals surface area contributed by atoms with Gasteiger partial charge in [-0.05, 0) is 23.3 Å². The summed E-state index contributed by atoms with van der Waals surface area (Å²) in [6.45, 7) is 1.27. The molecule has 2 N–H and O–H groups in total. The van der Waals surface area contributed by atoms with Crippen LogP contribution in [0, 0.1) is 5.92 Å². The molecule has 1 aliphatic heterocycles. The number of aliphatic hydroxyl groups excluding tert-OH is 1. The van der Waals surface area contributed by atoms with Crippen molar-refractivity contribution in [2.75, 3.05) is 13.2 Å². The van der Waals surface area contributed by atoms with Crippen LogP contribution in [0.2, 0.25) is 0 Å². The van der Waals surface area contributed by atoms with Gasteiger partial charge >= 0.3 is 0 Å². The topological polar surface area (TPSA) is 41.5 Å². The summed E-state index contributed by atoms with van der Waals surface area (Å²) in [6, 6.07) is 5.38. The first-order valence-corrected chi connectivity index (χ1v) is 6.08. The second kappa shape index (κ2) is 4.17. The maximum Gasteiger partial charge on any atom is 0.255 e. The SMILES string of the molecule is OC1CNCc2ccc(OCC3CC3(F)F)cc21.